The van der Waals surface area contributed by atoms with E-state index in [1.54, 1.807) is 4.31 Å². The quantitative estimate of drug-likeness (QED) is 0.792. The zero-order valence-electron chi connectivity index (χ0n) is 11.1. The standard InChI is InChI=1S/C12H25N3O2S/c1-10-3-2-4-12(10)14-18(16,17)15-7-5-11(9-13)6-8-15/h10-12,14H,2-9,13H2,1H3. The van der Waals surface area contributed by atoms with E-state index in [0.29, 0.717) is 31.5 Å². The highest BCUT2D eigenvalue weighted by atomic mass is 32.2. The van der Waals surface area contributed by atoms with Crippen LogP contribution < -0.4 is 10.5 Å². The van der Waals surface area contributed by atoms with Gasteiger partial charge in [0.25, 0.3) is 10.2 Å². The van der Waals surface area contributed by atoms with Gasteiger partial charge in [0.15, 0.2) is 0 Å². The molecule has 6 heteroatoms. The van der Waals surface area contributed by atoms with Crippen LogP contribution in [0.25, 0.3) is 0 Å². The average molecular weight is 275 g/mol. The van der Waals surface area contributed by atoms with E-state index < -0.39 is 10.2 Å². The lowest BCUT2D eigenvalue weighted by molar-refractivity contribution is 0.273. The molecule has 2 rings (SSSR count). The van der Waals surface area contributed by atoms with Gasteiger partial charge in [-0.1, -0.05) is 13.3 Å². The molecule has 0 bridgehead atoms. The van der Waals surface area contributed by atoms with Gasteiger partial charge in [-0.15, -0.1) is 0 Å². The lowest BCUT2D eigenvalue weighted by Gasteiger charge is -2.32. The number of nitrogens with zero attached hydrogens (tertiary/aromatic N) is 1. The van der Waals surface area contributed by atoms with Crippen molar-refractivity contribution in [3.05, 3.63) is 0 Å². The predicted octanol–water partition coefficient (Wildman–Crippen LogP) is 0.680. The topological polar surface area (TPSA) is 75.4 Å². The summed E-state index contributed by atoms with van der Waals surface area (Å²) in [5.41, 5.74) is 5.62. The van der Waals surface area contributed by atoms with Gasteiger partial charge in [0.2, 0.25) is 0 Å². The summed E-state index contributed by atoms with van der Waals surface area (Å²) >= 11 is 0. The summed E-state index contributed by atoms with van der Waals surface area (Å²) in [4.78, 5) is 0. The van der Waals surface area contributed by atoms with Crippen LogP contribution >= 0.6 is 0 Å². The first-order valence-corrected chi connectivity index (χ1v) is 8.44. The Kier molecular flexibility index (Phi) is 4.64. The lowest BCUT2D eigenvalue weighted by Crippen LogP contribution is -2.49. The molecule has 1 aliphatic heterocycles. The minimum Gasteiger partial charge on any atom is -0.330 e. The number of rotatable bonds is 4. The first kappa shape index (κ1) is 14.2. The summed E-state index contributed by atoms with van der Waals surface area (Å²) in [7, 11) is -3.29. The zero-order chi connectivity index (χ0) is 13.2. The van der Waals surface area contributed by atoms with Gasteiger partial charge in [-0.05, 0) is 44.1 Å². The first-order valence-electron chi connectivity index (χ1n) is 7.00. The van der Waals surface area contributed by atoms with Crippen molar-refractivity contribution in [1.82, 2.24) is 9.03 Å². The van der Waals surface area contributed by atoms with Crippen LogP contribution in [0.2, 0.25) is 0 Å². The average Bonchev–Trinajstić information content (AvgIpc) is 2.74. The Morgan fingerprint density at radius 2 is 1.89 bits per heavy atom. The fraction of sp³-hybridized carbons (Fsp3) is 1.00. The minimum atomic E-state index is -3.29. The van der Waals surface area contributed by atoms with Crippen LogP contribution in [-0.2, 0) is 10.2 Å². The molecular formula is C12H25N3O2S. The van der Waals surface area contributed by atoms with Gasteiger partial charge in [-0.3, -0.25) is 0 Å². The number of hydrogen-bond acceptors (Lipinski definition) is 3. The molecule has 2 atom stereocenters. The minimum absolute atomic E-state index is 0.127. The van der Waals surface area contributed by atoms with E-state index in [0.717, 1.165) is 32.1 Å². The molecule has 18 heavy (non-hydrogen) atoms. The van der Waals surface area contributed by atoms with Gasteiger partial charge >= 0.3 is 0 Å². The van der Waals surface area contributed by atoms with Gasteiger partial charge in [0.05, 0.1) is 0 Å². The van der Waals surface area contributed by atoms with Crippen molar-refractivity contribution >= 4 is 10.2 Å². The zero-order valence-corrected chi connectivity index (χ0v) is 12.0. The maximum atomic E-state index is 12.3. The molecular weight excluding hydrogens is 250 g/mol. The van der Waals surface area contributed by atoms with Crippen LogP contribution in [0.4, 0.5) is 0 Å². The van der Waals surface area contributed by atoms with Crippen molar-refractivity contribution in [2.24, 2.45) is 17.6 Å². The Morgan fingerprint density at radius 1 is 1.22 bits per heavy atom. The van der Waals surface area contributed by atoms with Gasteiger partial charge in [-0.25, -0.2) is 0 Å². The highest BCUT2D eigenvalue weighted by Crippen LogP contribution is 2.26. The van der Waals surface area contributed by atoms with Crippen LogP contribution in [0.15, 0.2) is 0 Å². The predicted molar refractivity (Wildman–Crippen MR) is 72.2 cm³/mol. The van der Waals surface area contributed by atoms with Crippen molar-refractivity contribution < 1.29 is 8.42 Å². The Morgan fingerprint density at radius 3 is 2.39 bits per heavy atom. The molecule has 2 aliphatic rings. The second kappa shape index (κ2) is 5.86. The smallest absolute Gasteiger partial charge is 0.279 e. The fourth-order valence-corrected chi connectivity index (χ4v) is 4.55. The molecule has 0 aromatic carbocycles. The molecule has 2 fully saturated rings. The maximum absolute atomic E-state index is 12.3. The summed E-state index contributed by atoms with van der Waals surface area (Å²) in [6.45, 7) is 4.01. The summed E-state index contributed by atoms with van der Waals surface area (Å²) < 4.78 is 29.0. The highest BCUT2D eigenvalue weighted by Gasteiger charge is 2.32. The molecule has 1 saturated heterocycles. The third-order valence-electron chi connectivity index (χ3n) is 4.41. The summed E-state index contributed by atoms with van der Waals surface area (Å²) in [6.07, 6.45) is 5.00. The van der Waals surface area contributed by atoms with E-state index in [1.165, 1.54) is 0 Å². The first-order chi connectivity index (χ1) is 8.53. The highest BCUT2D eigenvalue weighted by molar-refractivity contribution is 7.87. The van der Waals surface area contributed by atoms with Crippen molar-refractivity contribution in [2.75, 3.05) is 19.6 Å². The van der Waals surface area contributed by atoms with Gasteiger partial charge in [0, 0.05) is 19.1 Å². The van der Waals surface area contributed by atoms with E-state index in [4.69, 9.17) is 5.73 Å². The summed E-state index contributed by atoms with van der Waals surface area (Å²) in [5, 5.41) is 0. The van der Waals surface area contributed by atoms with E-state index in [1.807, 2.05) is 0 Å². The number of hydrogen-bond donors (Lipinski definition) is 2. The van der Waals surface area contributed by atoms with Crippen LogP contribution in [0.3, 0.4) is 0 Å². The largest absolute Gasteiger partial charge is 0.330 e. The number of nitrogens with one attached hydrogen (secondary N) is 1. The molecule has 1 aliphatic carbocycles. The molecule has 0 spiro atoms. The third-order valence-corrected chi connectivity index (χ3v) is 6.05. The van der Waals surface area contributed by atoms with Gasteiger partial charge in [-0.2, -0.15) is 17.4 Å². The molecule has 3 N–H and O–H groups in total. The molecule has 0 radical (unpaired) electrons. The van der Waals surface area contributed by atoms with Crippen molar-refractivity contribution in [3.8, 4) is 0 Å². The van der Waals surface area contributed by atoms with Crippen LogP contribution in [0, 0.1) is 11.8 Å². The van der Waals surface area contributed by atoms with Crippen LogP contribution in [0.1, 0.15) is 39.0 Å². The fourth-order valence-electron chi connectivity index (χ4n) is 2.97. The molecule has 1 saturated carbocycles. The molecule has 106 valence electrons. The van der Waals surface area contributed by atoms with Gasteiger partial charge < -0.3 is 5.73 Å². The van der Waals surface area contributed by atoms with Crippen molar-refractivity contribution in [2.45, 2.75) is 45.1 Å². The normalized spacial score (nSPS) is 31.9. The third kappa shape index (κ3) is 3.23. The molecule has 1 heterocycles. The van der Waals surface area contributed by atoms with Crippen molar-refractivity contribution in [1.29, 1.82) is 0 Å². The van der Waals surface area contributed by atoms with E-state index in [2.05, 4.69) is 11.6 Å². The van der Waals surface area contributed by atoms with Crippen molar-refractivity contribution in [3.63, 3.8) is 0 Å². The summed E-state index contributed by atoms with van der Waals surface area (Å²) in [5.74, 6) is 0.947. The number of piperidine rings is 1. The van der Waals surface area contributed by atoms with E-state index in [9.17, 15) is 8.42 Å². The Hall–Kier alpha value is -0.170. The molecule has 2 unspecified atom stereocenters. The molecule has 0 amide bonds. The Balaban J connectivity index is 1.91. The molecule has 5 nitrogen and oxygen atoms in total. The SMILES string of the molecule is CC1CCCC1NS(=O)(=O)N1CCC(CN)CC1. The molecule has 0 aromatic heterocycles. The molecule has 0 aromatic rings. The van der Waals surface area contributed by atoms with Gasteiger partial charge in [0.1, 0.15) is 0 Å². The van der Waals surface area contributed by atoms with E-state index >= 15 is 0 Å². The Labute approximate surface area is 110 Å². The maximum Gasteiger partial charge on any atom is 0.279 e. The summed E-state index contributed by atoms with van der Waals surface area (Å²) in [6, 6.07) is 0.127. The number of nitrogens with two attached hydrogens (primary N) is 1. The second-order valence-electron chi connectivity index (χ2n) is 5.72. The van der Waals surface area contributed by atoms with E-state index in [-0.39, 0.29) is 6.04 Å². The van der Waals surface area contributed by atoms with Crippen LogP contribution in [-0.4, -0.2) is 38.4 Å². The Bertz CT molecular complexity index is 364. The second-order valence-corrected chi connectivity index (χ2v) is 7.42. The van der Waals surface area contributed by atoms with Crippen LogP contribution in [0.5, 0.6) is 0 Å². The monoisotopic (exact) mass is 275 g/mol. The lowest BCUT2D eigenvalue weighted by atomic mass is 9.99.